The van der Waals surface area contributed by atoms with Crippen LogP contribution in [0.5, 0.6) is 0 Å². The first-order valence-electron chi connectivity index (χ1n) is 19.2. The van der Waals surface area contributed by atoms with Crippen molar-refractivity contribution < 1.29 is 32.8 Å². The van der Waals surface area contributed by atoms with Crippen molar-refractivity contribution >= 4 is 13.8 Å². The molecule has 0 spiro atoms. The second kappa shape index (κ2) is 35.5. The Morgan fingerprint density at radius 2 is 1.09 bits per heavy atom. The van der Waals surface area contributed by atoms with Gasteiger partial charge in [0.2, 0.25) is 0 Å². The summed E-state index contributed by atoms with van der Waals surface area (Å²) in [5.74, 6) is -0.335. The molecule has 0 aliphatic heterocycles. The van der Waals surface area contributed by atoms with Crippen molar-refractivity contribution in [1.29, 1.82) is 0 Å². The summed E-state index contributed by atoms with van der Waals surface area (Å²) in [6, 6.07) is 0. The molecule has 3 N–H and O–H groups in total. The first-order chi connectivity index (χ1) is 22.4. The molecule has 0 saturated heterocycles. The van der Waals surface area contributed by atoms with Gasteiger partial charge in [0.05, 0.1) is 19.8 Å². The summed E-state index contributed by atoms with van der Waals surface area (Å²) in [5, 5.41) is 0. The molecule has 9 heteroatoms. The number of rotatable bonds is 37. The Kier molecular flexibility index (Phi) is 35.0. The van der Waals surface area contributed by atoms with E-state index in [1.165, 1.54) is 128 Å². The molecule has 0 bridgehead atoms. The molecule has 0 aliphatic carbocycles. The van der Waals surface area contributed by atoms with Crippen LogP contribution in [0.1, 0.15) is 181 Å². The third-order valence-electron chi connectivity index (χ3n) is 8.18. The van der Waals surface area contributed by atoms with Gasteiger partial charge in [0, 0.05) is 19.6 Å². The first-order valence-corrected chi connectivity index (χ1v) is 20.7. The zero-order valence-corrected chi connectivity index (χ0v) is 31.0. The van der Waals surface area contributed by atoms with Crippen molar-refractivity contribution in [3.8, 4) is 0 Å². The highest BCUT2D eigenvalue weighted by Crippen LogP contribution is 2.43. The van der Waals surface area contributed by atoms with Gasteiger partial charge in [-0.05, 0) is 38.5 Å². The number of phosphoric ester groups is 1. The van der Waals surface area contributed by atoms with E-state index >= 15 is 0 Å². The number of hydrogen-bond donors (Lipinski definition) is 2. The zero-order chi connectivity index (χ0) is 33.8. The van der Waals surface area contributed by atoms with Crippen molar-refractivity contribution in [2.24, 2.45) is 5.73 Å². The molecule has 0 aromatic rings. The second-order valence-corrected chi connectivity index (χ2v) is 14.2. The number of carbonyl (C=O) groups is 1. The molecule has 274 valence electrons. The molecule has 0 heterocycles. The van der Waals surface area contributed by atoms with Gasteiger partial charge in [-0.25, -0.2) is 4.57 Å². The van der Waals surface area contributed by atoms with E-state index in [2.05, 4.69) is 26.0 Å². The van der Waals surface area contributed by atoms with Gasteiger partial charge in [-0.1, -0.05) is 148 Å². The lowest BCUT2D eigenvalue weighted by Gasteiger charge is -2.20. The molecule has 0 saturated carbocycles. The van der Waals surface area contributed by atoms with Gasteiger partial charge in [-0.15, -0.1) is 0 Å². The standard InChI is InChI=1S/C37H74NO7P/c1-3-5-7-9-11-13-14-15-16-17-18-19-20-21-22-23-25-27-29-32-42-34-36(35-44-46(40,41)43-33-31-38)45-37(39)30-28-26-24-12-10-8-6-4-2/h16-17,36H,3-15,18-35,38H2,1-2H3,(H,40,41)/b17-16-. The fourth-order valence-electron chi connectivity index (χ4n) is 5.34. The second-order valence-electron chi connectivity index (χ2n) is 12.8. The van der Waals surface area contributed by atoms with Crippen LogP contribution in [0.25, 0.3) is 0 Å². The fourth-order valence-corrected chi connectivity index (χ4v) is 6.11. The van der Waals surface area contributed by atoms with Gasteiger partial charge in [-0.2, -0.15) is 0 Å². The van der Waals surface area contributed by atoms with Gasteiger partial charge in [0.25, 0.3) is 0 Å². The van der Waals surface area contributed by atoms with Crippen LogP contribution >= 0.6 is 7.82 Å². The van der Waals surface area contributed by atoms with Crippen LogP contribution in [0.15, 0.2) is 12.2 Å². The first kappa shape index (κ1) is 45.2. The van der Waals surface area contributed by atoms with Gasteiger partial charge in [-0.3, -0.25) is 13.8 Å². The van der Waals surface area contributed by atoms with Crippen LogP contribution in [-0.2, 0) is 27.9 Å². The number of phosphoric acid groups is 1. The molecule has 0 aromatic carbocycles. The van der Waals surface area contributed by atoms with Crippen LogP contribution in [0.3, 0.4) is 0 Å². The van der Waals surface area contributed by atoms with Gasteiger partial charge in [0.1, 0.15) is 6.10 Å². The molecule has 8 nitrogen and oxygen atoms in total. The van der Waals surface area contributed by atoms with E-state index in [0.717, 1.165) is 32.1 Å². The van der Waals surface area contributed by atoms with Gasteiger partial charge in [0.15, 0.2) is 0 Å². The summed E-state index contributed by atoms with van der Waals surface area (Å²) in [7, 11) is -4.26. The summed E-state index contributed by atoms with van der Waals surface area (Å²) in [4.78, 5) is 22.2. The lowest BCUT2D eigenvalue weighted by molar-refractivity contribution is -0.154. The number of allylic oxidation sites excluding steroid dienone is 2. The summed E-state index contributed by atoms with van der Waals surface area (Å²) in [6.07, 6.45) is 35.2. The van der Waals surface area contributed by atoms with E-state index in [1.807, 2.05) is 0 Å². The van der Waals surface area contributed by atoms with Crippen LogP contribution in [0, 0.1) is 0 Å². The summed E-state index contributed by atoms with van der Waals surface area (Å²) < 4.78 is 33.2. The minimum Gasteiger partial charge on any atom is -0.457 e. The molecule has 2 unspecified atom stereocenters. The van der Waals surface area contributed by atoms with E-state index in [4.69, 9.17) is 24.3 Å². The molecular formula is C37H74NO7P. The molecule has 46 heavy (non-hydrogen) atoms. The Labute approximate surface area is 283 Å². The Morgan fingerprint density at radius 3 is 1.59 bits per heavy atom. The van der Waals surface area contributed by atoms with E-state index < -0.39 is 13.9 Å². The smallest absolute Gasteiger partial charge is 0.457 e. The fraction of sp³-hybridized carbons (Fsp3) is 0.919. The average molecular weight is 676 g/mol. The van der Waals surface area contributed by atoms with Gasteiger partial charge < -0.3 is 20.1 Å². The highest BCUT2D eigenvalue weighted by Gasteiger charge is 2.25. The molecule has 0 rings (SSSR count). The molecule has 0 aliphatic rings. The predicted molar refractivity (Wildman–Crippen MR) is 192 cm³/mol. The third kappa shape index (κ3) is 34.6. The molecule has 2 atom stereocenters. The molecular weight excluding hydrogens is 601 g/mol. The summed E-state index contributed by atoms with van der Waals surface area (Å²) >= 11 is 0. The quantitative estimate of drug-likeness (QED) is 0.0289. The SMILES string of the molecule is CCCCCCCCC/C=C\CCCCCCCCCCOCC(COP(=O)(O)OCCN)OC(=O)CCCCCCCCCC. The highest BCUT2D eigenvalue weighted by atomic mass is 31.2. The molecule has 0 aromatic heterocycles. The Morgan fingerprint density at radius 1 is 0.630 bits per heavy atom. The lowest BCUT2D eigenvalue weighted by atomic mass is 10.1. The van der Waals surface area contributed by atoms with Gasteiger partial charge >= 0.3 is 13.8 Å². The van der Waals surface area contributed by atoms with Crippen molar-refractivity contribution in [1.82, 2.24) is 0 Å². The lowest BCUT2D eigenvalue weighted by Crippen LogP contribution is -2.28. The highest BCUT2D eigenvalue weighted by molar-refractivity contribution is 7.47. The van der Waals surface area contributed by atoms with Crippen LogP contribution in [0.4, 0.5) is 0 Å². The number of carbonyl (C=O) groups excluding carboxylic acids is 1. The number of esters is 1. The van der Waals surface area contributed by atoms with E-state index in [-0.39, 0.29) is 32.3 Å². The average Bonchev–Trinajstić information content (AvgIpc) is 3.04. The Hall–Kier alpha value is -0.760. The number of ether oxygens (including phenoxy) is 2. The summed E-state index contributed by atoms with van der Waals surface area (Å²) in [5.41, 5.74) is 5.34. The largest absolute Gasteiger partial charge is 0.472 e. The minimum absolute atomic E-state index is 0.0933. The van der Waals surface area contributed by atoms with Crippen molar-refractivity contribution in [2.75, 3.05) is 33.0 Å². The Bertz CT molecular complexity index is 722. The minimum atomic E-state index is -4.26. The number of hydrogen-bond acceptors (Lipinski definition) is 7. The molecule has 0 fully saturated rings. The van der Waals surface area contributed by atoms with E-state index in [9.17, 15) is 14.3 Å². The van der Waals surface area contributed by atoms with Crippen molar-refractivity contribution in [3.05, 3.63) is 12.2 Å². The van der Waals surface area contributed by atoms with Crippen molar-refractivity contribution in [3.63, 3.8) is 0 Å². The topological polar surface area (TPSA) is 117 Å². The van der Waals surface area contributed by atoms with Crippen molar-refractivity contribution in [2.45, 2.75) is 187 Å². The monoisotopic (exact) mass is 676 g/mol. The maximum absolute atomic E-state index is 12.4. The summed E-state index contributed by atoms with van der Waals surface area (Å²) in [6.45, 7) is 4.90. The zero-order valence-electron chi connectivity index (χ0n) is 30.1. The molecule has 0 radical (unpaired) electrons. The Balaban J connectivity index is 3.96. The van der Waals surface area contributed by atoms with Crippen LogP contribution in [0.2, 0.25) is 0 Å². The maximum Gasteiger partial charge on any atom is 0.472 e. The third-order valence-corrected chi connectivity index (χ3v) is 9.17. The normalized spacial score (nSPS) is 13.7. The maximum atomic E-state index is 12.4. The van der Waals surface area contributed by atoms with Crippen LogP contribution < -0.4 is 5.73 Å². The molecule has 0 amide bonds. The van der Waals surface area contributed by atoms with E-state index in [0.29, 0.717) is 13.0 Å². The number of unbranched alkanes of at least 4 members (excludes halogenated alkanes) is 22. The van der Waals surface area contributed by atoms with E-state index in [1.54, 1.807) is 0 Å². The predicted octanol–water partition coefficient (Wildman–Crippen LogP) is 10.7. The number of nitrogens with two attached hydrogens (primary N) is 1. The van der Waals surface area contributed by atoms with Crippen LogP contribution in [-0.4, -0.2) is 49.9 Å².